The molecule has 0 N–H and O–H groups in total. The molecule has 0 aliphatic rings. The molecule has 1 rings (SSSR count). The first-order valence-electron chi connectivity index (χ1n) is 5.48. The van der Waals surface area contributed by atoms with Gasteiger partial charge in [0, 0.05) is 13.3 Å². The molecule has 17 heavy (non-hydrogen) atoms. The molecule has 0 aliphatic carbocycles. The molecule has 0 unspecified atom stereocenters. The molecule has 1 aromatic carbocycles. The van der Waals surface area contributed by atoms with Gasteiger partial charge in [-0.15, -0.1) is 0 Å². The Hall–Kier alpha value is -1.90. The summed E-state index contributed by atoms with van der Waals surface area (Å²) in [4.78, 5) is 21.9. The summed E-state index contributed by atoms with van der Waals surface area (Å²) in [5.74, 6) is -0.386. The molecule has 0 aromatic heterocycles. The molecule has 0 bridgehead atoms. The summed E-state index contributed by atoms with van der Waals surface area (Å²) in [5.41, 5.74) is 1.01. The quantitative estimate of drug-likeness (QED) is 0.733. The van der Waals surface area contributed by atoms with E-state index in [1.165, 1.54) is 13.8 Å². The minimum Gasteiger partial charge on any atom is -0.458 e. The van der Waals surface area contributed by atoms with Crippen molar-refractivity contribution in [3.63, 3.8) is 0 Å². The molecule has 3 nitrogen and oxygen atoms in total. The maximum atomic E-state index is 11.0. The fraction of sp³-hybridized carbons (Fsp3) is 0.286. The number of hydrogen-bond acceptors (Lipinski definition) is 3. The first-order valence-corrected chi connectivity index (χ1v) is 5.48. The van der Waals surface area contributed by atoms with Crippen LogP contribution in [0.5, 0.6) is 0 Å². The van der Waals surface area contributed by atoms with E-state index in [1.807, 2.05) is 36.4 Å². The highest BCUT2D eigenvalue weighted by Crippen LogP contribution is 2.07. The van der Waals surface area contributed by atoms with E-state index in [0.717, 1.165) is 5.56 Å². The van der Waals surface area contributed by atoms with E-state index < -0.39 is 6.10 Å². The maximum absolute atomic E-state index is 11.0. The van der Waals surface area contributed by atoms with Gasteiger partial charge in [-0.25, -0.2) is 0 Å². The van der Waals surface area contributed by atoms with Gasteiger partial charge < -0.3 is 4.74 Å². The molecule has 0 aliphatic heterocycles. The number of Topliss-reactive ketones (excluding diaryl/α,β-unsaturated/α-hetero) is 1. The van der Waals surface area contributed by atoms with Gasteiger partial charge in [-0.3, -0.25) is 9.59 Å². The van der Waals surface area contributed by atoms with Crippen molar-refractivity contribution in [2.45, 2.75) is 26.4 Å². The third kappa shape index (κ3) is 5.66. The highest BCUT2D eigenvalue weighted by Gasteiger charge is 2.10. The molecular formula is C14H16O3. The van der Waals surface area contributed by atoms with E-state index in [0.29, 0.717) is 0 Å². The summed E-state index contributed by atoms with van der Waals surface area (Å²) < 4.78 is 5.04. The monoisotopic (exact) mass is 232 g/mol. The molecule has 3 heteroatoms. The number of ketones is 1. The molecular weight excluding hydrogens is 216 g/mol. The number of ether oxygens (including phenoxy) is 1. The molecule has 0 heterocycles. The number of rotatable bonds is 5. The smallest absolute Gasteiger partial charge is 0.303 e. The molecule has 1 aromatic rings. The van der Waals surface area contributed by atoms with E-state index in [2.05, 4.69) is 0 Å². The first kappa shape index (κ1) is 13.2. The minimum atomic E-state index is -0.481. The van der Waals surface area contributed by atoms with Crippen LogP contribution in [-0.4, -0.2) is 17.9 Å². The molecule has 90 valence electrons. The van der Waals surface area contributed by atoms with Gasteiger partial charge in [-0.1, -0.05) is 36.4 Å². The van der Waals surface area contributed by atoms with Crippen LogP contribution in [0.2, 0.25) is 0 Å². The summed E-state index contributed by atoms with van der Waals surface area (Å²) in [6, 6.07) is 9.65. The topological polar surface area (TPSA) is 43.4 Å². The van der Waals surface area contributed by atoms with Crippen LogP contribution < -0.4 is 0 Å². The molecule has 0 radical (unpaired) electrons. The SMILES string of the molecule is CC(=O)C[C@@H](C=Cc1ccccc1)OC(C)=O. The van der Waals surface area contributed by atoms with Gasteiger partial charge in [0.05, 0.1) is 0 Å². The highest BCUT2D eigenvalue weighted by atomic mass is 16.5. The van der Waals surface area contributed by atoms with Crippen LogP contribution >= 0.6 is 0 Å². The average Bonchev–Trinajstić information content (AvgIpc) is 2.26. The van der Waals surface area contributed by atoms with Crippen LogP contribution in [0.4, 0.5) is 0 Å². The minimum absolute atomic E-state index is 0.00559. The molecule has 1 atom stereocenters. The van der Waals surface area contributed by atoms with Crippen LogP contribution in [-0.2, 0) is 14.3 Å². The van der Waals surface area contributed by atoms with Crippen LogP contribution in [0.3, 0.4) is 0 Å². The Kier molecular flexibility index (Phi) is 5.14. The summed E-state index contributed by atoms with van der Waals surface area (Å²) >= 11 is 0. The van der Waals surface area contributed by atoms with Gasteiger partial charge in [0.15, 0.2) is 0 Å². The van der Waals surface area contributed by atoms with Gasteiger partial charge in [-0.05, 0) is 18.6 Å². The lowest BCUT2D eigenvalue weighted by atomic mass is 10.1. The van der Waals surface area contributed by atoms with Crippen LogP contribution in [0, 0.1) is 0 Å². The van der Waals surface area contributed by atoms with E-state index in [4.69, 9.17) is 4.74 Å². The number of hydrogen-bond donors (Lipinski definition) is 0. The van der Waals surface area contributed by atoms with Gasteiger partial charge in [0.2, 0.25) is 0 Å². The standard InChI is InChI=1S/C14H16O3/c1-11(15)10-14(17-12(2)16)9-8-13-6-4-3-5-7-13/h3-9,14H,10H2,1-2H3/t14-/m1/s1. The van der Waals surface area contributed by atoms with Crippen molar-refractivity contribution >= 4 is 17.8 Å². The van der Waals surface area contributed by atoms with Gasteiger partial charge >= 0.3 is 5.97 Å². The zero-order chi connectivity index (χ0) is 12.7. The van der Waals surface area contributed by atoms with Crippen molar-refractivity contribution in [2.75, 3.05) is 0 Å². The fourth-order valence-electron chi connectivity index (χ4n) is 1.43. The Bertz CT molecular complexity index is 391. The lowest BCUT2D eigenvalue weighted by molar-refractivity contribution is -0.144. The largest absolute Gasteiger partial charge is 0.458 e. The number of benzene rings is 1. The number of esters is 1. The predicted octanol–water partition coefficient (Wildman–Crippen LogP) is 2.61. The van der Waals surface area contributed by atoms with Gasteiger partial charge in [-0.2, -0.15) is 0 Å². The van der Waals surface area contributed by atoms with Gasteiger partial charge in [0.25, 0.3) is 0 Å². The van der Waals surface area contributed by atoms with E-state index >= 15 is 0 Å². The highest BCUT2D eigenvalue weighted by molar-refractivity contribution is 5.77. The zero-order valence-corrected chi connectivity index (χ0v) is 10.1. The number of carbonyl (C=O) groups excluding carboxylic acids is 2. The van der Waals surface area contributed by atoms with Crippen molar-refractivity contribution in [3.05, 3.63) is 42.0 Å². The molecule has 0 spiro atoms. The lowest BCUT2D eigenvalue weighted by Crippen LogP contribution is -2.16. The van der Waals surface area contributed by atoms with Crippen LogP contribution in [0.15, 0.2) is 36.4 Å². The summed E-state index contributed by atoms with van der Waals surface area (Å²) in [6.45, 7) is 2.82. The number of carbonyl (C=O) groups is 2. The second kappa shape index (κ2) is 6.63. The van der Waals surface area contributed by atoms with Crippen molar-refractivity contribution in [1.82, 2.24) is 0 Å². The van der Waals surface area contributed by atoms with Crippen LogP contribution in [0.25, 0.3) is 6.08 Å². The van der Waals surface area contributed by atoms with Crippen molar-refractivity contribution < 1.29 is 14.3 Å². The molecule has 0 fully saturated rings. The Morgan fingerprint density at radius 3 is 2.41 bits per heavy atom. The van der Waals surface area contributed by atoms with Crippen LogP contribution in [0.1, 0.15) is 25.8 Å². The van der Waals surface area contributed by atoms with E-state index in [-0.39, 0.29) is 18.2 Å². The predicted molar refractivity (Wildman–Crippen MR) is 66.3 cm³/mol. The first-order chi connectivity index (χ1) is 8.08. The Morgan fingerprint density at radius 2 is 1.88 bits per heavy atom. The second-order valence-corrected chi connectivity index (χ2v) is 3.82. The van der Waals surface area contributed by atoms with Crippen molar-refractivity contribution in [3.8, 4) is 0 Å². The zero-order valence-electron chi connectivity index (χ0n) is 10.1. The summed E-state index contributed by atoms with van der Waals surface area (Å²) in [5, 5.41) is 0. The summed E-state index contributed by atoms with van der Waals surface area (Å²) in [7, 11) is 0. The van der Waals surface area contributed by atoms with Gasteiger partial charge in [0.1, 0.15) is 11.9 Å². The molecule has 0 saturated carbocycles. The third-order valence-corrected chi connectivity index (χ3v) is 2.11. The lowest BCUT2D eigenvalue weighted by Gasteiger charge is -2.10. The molecule has 0 amide bonds. The third-order valence-electron chi connectivity index (χ3n) is 2.11. The average molecular weight is 232 g/mol. The Balaban J connectivity index is 2.68. The fourth-order valence-corrected chi connectivity index (χ4v) is 1.43. The summed E-state index contributed by atoms with van der Waals surface area (Å²) in [6.07, 6.45) is 3.31. The second-order valence-electron chi connectivity index (χ2n) is 3.82. The normalized spacial score (nSPS) is 12.4. The Labute approximate surface area is 101 Å². The molecule has 0 saturated heterocycles. The van der Waals surface area contributed by atoms with E-state index in [9.17, 15) is 9.59 Å². The van der Waals surface area contributed by atoms with Crippen molar-refractivity contribution in [2.24, 2.45) is 0 Å². The Morgan fingerprint density at radius 1 is 1.24 bits per heavy atom. The van der Waals surface area contributed by atoms with E-state index in [1.54, 1.807) is 6.08 Å². The maximum Gasteiger partial charge on any atom is 0.303 e. The van der Waals surface area contributed by atoms with Crippen molar-refractivity contribution in [1.29, 1.82) is 0 Å².